The molecule has 4 heteroatoms. The third kappa shape index (κ3) is 2.31. The van der Waals surface area contributed by atoms with Crippen molar-refractivity contribution in [1.82, 2.24) is 0 Å². The number of hydrogen-bond donors (Lipinski definition) is 0. The maximum atomic E-state index is 13.0. The smallest absolute Gasteiger partial charge is 0.198 e. The molecule has 4 nitrogen and oxygen atoms in total. The highest BCUT2D eigenvalue weighted by atomic mass is 16.5. The lowest BCUT2D eigenvalue weighted by Gasteiger charge is -2.22. The van der Waals surface area contributed by atoms with E-state index in [4.69, 9.17) is 9.47 Å². The summed E-state index contributed by atoms with van der Waals surface area (Å²) in [6.45, 7) is 0.941. The van der Waals surface area contributed by atoms with Crippen LogP contribution >= 0.6 is 0 Å². The zero-order valence-corrected chi connectivity index (χ0v) is 13.1. The molecule has 2 aromatic rings. The van der Waals surface area contributed by atoms with Gasteiger partial charge in [0, 0.05) is 16.7 Å². The van der Waals surface area contributed by atoms with Crippen LogP contribution in [0.25, 0.3) is 0 Å². The summed E-state index contributed by atoms with van der Waals surface area (Å²) in [7, 11) is 0. The van der Waals surface area contributed by atoms with Crippen LogP contribution in [0.5, 0.6) is 11.5 Å². The molecule has 2 aliphatic rings. The van der Waals surface area contributed by atoms with Crippen LogP contribution in [0.1, 0.15) is 44.7 Å². The first kappa shape index (κ1) is 14.7. The van der Waals surface area contributed by atoms with E-state index in [0.29, 0.717) is 47.0 Å². The van der Waals surface area contributed by atoms with E-state index < -0.39 is 0 Å². The Labute approximate surface area is 139 Å². The monoisotopic (exact) mass is 320 g/mol. The molecule has 1 aliphatic carbocycles. The first-order valence-electron chi connectivity index (χ1n) is 8.03. The predicted molar refractivity (Wildman–Crippen MR) is 89.1 cm³/mol. The van der Waals surface area contributed by atoms with Crippen LogP contribution in [0, 0.1) is 0 Å². The van der Waals surface area contributed by atoms with Crippen LogP contribution in [0.4, 0.5) is 0 Å². The number of ether oxygens (including phenoxy) is 2. The quantitative estimate of drug-likeness (QED) is 0.594. The topological polar surface area (TPSA) is 52.6 Å². The van der Waals surface area contributed by atoms with E-state index >= 15 is 0 Å². The summed E-state index contributed by atoms with van der Waals surface area (Å²) in [5.74, 6) is 0.567. The van der Waals surface area contributed by atoms with Crippen molar-refractivity contribution in [2.24, 2.45) is 0 Å². The lowest BCUT2D eigenvalue weighted by Crippen LogP contribution is -2.22. The third-order valence-corrected chi connectivity index (χ3v) is 4.25. The van der Waals surface area contributed by atoms with Gasteiger partial charge in [0.05, 0.1) is 18.8 Å². The van der Waals surface area contributed by atoms with Gasteiger partial charge in [-0.3, -0.25) is 9.59 Å². The second-order valence-corrected chi connectivity index (χ2v) is 5.76. The van der Waals surface area contributed by atoms with Gasteiger partial charge in [0.15, 0.2) is 23.1 Å². The third-order valence-electron chi connectivity index (χ3n) is 4.25. The van der Waals surface area contributed by atoms with E-state index in [0.717, 1.165) is 12.8 Å². The van der Waals surface area contributed by atoms with Crippen molar-refractivity contribution in [3.05, 3.63) is 70.8 Å². The molecule has 0 bridgehead atoms. The maximum absolute atomic E-state index is 13.0. The number of hydrogen-bond acceptors (Lipinski definition) is 4. The number of carbonyl (C=O) groups excluding carboxylic acids is 2. The summed E-state index contributed by atoms with van der Waals surface area (Å²) in [4.78, 5) is 25.7. The van der Waals surface area contributed by atoms with Crippen LogP contribution in [-0.4, -0.2) is 24.8 Å². The van der Waals surface area contributed by atoms with Gasteiger partial charge >= 0.3 is 0 Å². The van der Waals surface area contributed by atoms with Gasteiger partial charge in [0.1, 0.15) is 0 Å². The van der Waals surface area contributed by atoms with Gasteiger partial charge in [-0.1, -0.05) is 36.4 Å². The molecule has 0 atom stereocenters. The van der Waals surface area contributed by atoms with Crippen LogP contribution < -0.4 is 9.47 Å². The molecule has 0 fully saturated rings. The Morgan fingerprint density at radius 1 is 0.708 bits per heavy atom. The highest BCUT2D eigenvalue weighted by Gasteiger charge is 2.33. The van der Waals surface area contributed by atoms with Crippen LogP contribution in [0.15, 0.2) is 48.6 Å². The van der Waals surface area contributed by atoms with Gasteiger partial charge in [-0.05, 0) is 25.0 Å². The highest BCUT2D eigenvalue weighted by molar-refractivity contribution is 6.29. The SMILES string of the molecule is O=C1c2ccccc2C(=O)c2c1ccc1c2OCC/C=C\CCO1. The van der Waals surface area contributed by atoms with Crippen molar-refractivity contribution in [2.45, 2.75) is 12.8 Å². The van der Waals surface area contributed by atoms with Crippen molar-refractivity contribution in [1.29, 1.82) is 0 Å². The molecule has 0 N–H and O–H groups in total. The largest absolute Gasteiger partial charge is 0.489 e. The lowest BCUT2D eigenvalue weighted by molar-refractivity contribution is 0.0974. The van der Waals surface area contributed by atoms with Crippen LogP contribution in [0.2, 0.25) is 0 Å². The minimum atomic E-state index is -0.187. The number of carbonyl (C=O) groups is 2. The van der Waals surface area contributed by atoms with Crippen molar-refractivity contribution in [3.63, 3.8) is 0 Å². The number of ketones is 2. The molecule has 4 rings (SSSR count). The van der Waals surface area contributed by atoms with Gasteiger partial charge in [-0.2, -0.15) is 0 Å². The van der Waals surface area contributed by atoms with E-state index in [-0.39, 0.29) is 11.6 Å². The summed E-state index contributed by atoms with van der Waals surface area (Å²) < 4.78 is 11.6. The highest BCUT2D eigenvalue weighted by Crippen LogP contribution is 2.39. The molecule has 0 aromatic heterocycles. The van der Waals surface area contributed by atoms with Gasteiger partial charge in [0.2, 0.25) is 0 Å². The Kier molecular flexibility index (Phi) is 3.65. The van der Waals surface area contributed by atoms with E-state index in [1.807, 2.05) is 6.08 Å². The average molecular weight is 320 g/mol. The van der Waals surface area contributed by atoms with E-state index in [1.54, 1.807) is 36.4 Å². The second kappa shape index (κ2) is 5.96. The van der Waals surface area contributed by atoms with E-state index in [1.165, 1.54) is 0 Å². The number of fused-ring (bicyclic) bond motifs is 4. The van der Waals surface area contributed by atoms with Gasteiger partial charge in [0.25, 0.3) is 0 Å². The fourth-order valence-corrected chi connectivity index (χ4v) is 3.10. The number of benzene rings is 2. The normalized spacial score (nSPS) is 17.7. The van der Waals surface area contributed by atoms with Gasteiger partial charge < -0.3 is 9.47 Å². The van der Waals surface area contributed by atoms with Gasteiger partial charge in [-0.25, -0.2) is 0 Å². The van der Waals surface area contributed by atoms with Crippen LogP contribution in [-0.2, 0) is 0 Å². The Hall–Kier alpha value is -2.88. The average Bonchev–Trinajstić information content (AvgIpc) is 2.63. The Bertz CT molecular complexity index is 864. The summed E-state index contributed by atoms with van der Waals surface area (Å²) in [6.07, 6.45) is 5.64. The predicted octanol–water partition coefficient (Wildman–Crippen LogP) is 3.57. The van der Waals surface area contributed by atoms with Crippen molar-refractivity contribution >= 4 is 11.6 Å². The Balaban J connectivity index is 1.87. The summed E-state index contributed by atoms with van der Waals surface area (Å²) in [5, 5.41) is 0. The Morgan fingerprint density at radius 3 is 2.12 bits per heavy atom. The zero-order valence-electron chi connectivity index (χ0n) is 13.1. The molecule has 0 saturated carbocycles. The number of rotatable bonds is 0. The molecule has 1 aliphatic heterocycles. The zero-order chi connectivity index (χ0) is 16.5. The van der Waals surface area contributed by atoms with Crippen molar-refractivity contribution < 1.29 is 19.1 Å². The molecule has 0 saturated heterocycles. The standard InChI is InChI=1S/C20H16O4/c21-18-13-7-3-4-8-14(13)19(22)17-15(18)9-10-16-20(17)24-12-6-2-1-5-11-23-16/h1-4,7-10H,5-6,11-12H2/b2-1-. The van der Waals surface area contributed by atoms with E-state index in [9.17, 15) is 9.59 Å². The lowest BCUT2D eigenvalue weighted by atomic mass is 9.83. The molecule has 0 amide bonds. The molecule has 2 aromatic carbocycles. The maximum Gasteiger partial charge on any atom is 0.198 e. The molecule has 0 spiro atoms. The molecule has 0 radical (unpaired) electrons. The second-order valence-electron chi connectivity index (χ2n) is 5.76. The van der Waals surface area contributed by atoms with Crippen molar-refractivity contribution in [2.75, 3.05) is 13.2 Å². The first-order chi connectivity index (χ1) is 11.8. The minimum absolute atomic E-state index is 0.149. The van der Waals surface area contributed by atoms with Crippen molar-refractivity contribution in [3.8, 4) is 11.5 Å². The first-order valence-corrected chi connectivity index (χ1v) is 8.03. The van der Waals surface area contributed by atoms with E-state index in [2.05, 4.69) is 6.08 Å². The fraction of sp³-hybridized carbons (Fsp3) is 0.200. The minimum Gasteiger partial charge on any atom is -0.489 e. The Morgan fingerprint density at radius 2 is 1.38 bits per heavy atom. The summed E-state index contributed by atoms with van der Waals surface area (Å²) in [6, 6.07) is 10.3. The molecule has 24 heavy (non-hydrogen) atoms. The molecular weight excluding hydrogens is 304 g/mol. The molecule has 0 unspecified atom stereocenters. The molecule has 1 heterocycles. The summed E-state index contributed by atoms with van der Waals surface area (Å²) >= 11 is 0. The molecular formula is C20H16O4. The van der Waals surface area contributed by atoms with Gasteiger partial charge in [-0.15, -0.1) is 0 Å². The van der Waals surface area contributed by atoms with Crippen LogP contribution in [0.3, 0.4) is 0 Å². The fourth-order valence-electron chi connectivity index (χ4n) is 3.10. The molecule has 120 valence electrons. The summed E-state index contributed by atoms with van der Waals surface area (Å²) in [5.41, 5.74) is 1.57.